The van der Waals surface area contributed by atoms with Gasteiger partial charge in [-0.1, -0.05) is 69.1 Å². The van der Waals surface area contributed by atoms with Crippen LogP contribution < -0.4 is 0 Å². The Morgan fingerprint density at radius 2 is 1.74 bits per heavy atom. The monoisotopic (exact) mass is 426 g/mol. The van der Waals surface area contributed by atoms with Gasteiger partial charge in [0, 0.05) is 18.3 Å². The Kier molecular flexibility index (Phi) is 7.39. The molecule has 3 nitrogen and oxygen atoms in total. The van der Waals surface area contributed by atoms with Crippen LogP contribution in [0.15, 0.2) is 22.8 Å². The summed E-state index contributed by atoms with van der Waals surface area (Å²) < 4.78 is 6.10. The van der Waals surface area contributed by atoms with Crippen molar-refractivity contribution in [3.8, 4) is 0 Å². The second kappa shape index (κ2) is 10.0. The number of ether oxygens (including phenoxy) is 1. The molecule has 31 heavy (non-hydrogen) atoms. The minimum atomic E-state index is 0.0211. The predicted molar refractivity (Wildman–Crippen MR) is 125 cm³/mol. The van der Waals surface area contributed by atoms with Crippen LogP contribution in [0.5, 0.6) is 0 Å². The van der Waals surface area contributed by atoms with Gasteiger partial charge in [0.1, 0.15) is 6.10 Å². The van der Waals surface area contributed by atoms with Crippen molar-refractivity contribution in [3.63, 3.8) is 0 Å². The summed E-state index contributed by atoms with van der Waals surface area (Å²) in [6, 6.07) is 0. The van der Waals surface area contributed by atoms with Crippen molar-refractivity contribution in [2.24, 2.45) is 17.3 Å². The number of unbranched alkanes of at least 4 members (excludes halogenated alkanes) is 6. The number of carbonyl (C=O) groups excluding carboxylic acids is 2. The minimum absolute atomic E-state index is 0.0211. The number of esters is 1. The van der Waals surface area contributed by atoms with Crippen molar-refractivity contribution in [2.45, 2.75) is 123 Å². The van der Waals surface area contributed by atoms with Gasteiger partial charge in [0.05, 0.1) is 0 Å². The molecule has 0 aromatic rings. The lowest BCUT2D eigenvalue weighted by atomic mass is 9.59. The highest BCUT2D eigenvalue weighted by Gasteiger charge is 2.51. The van der Waals surface area contributed by atoms with Gasteiger partial charge in [0.2, 0.25) is 0 Å². The maximum absolute atomic E-state index is 12.6. The first-order valence-corrected chi connectivity index (χ1v) is 13.2. The maximum Gasteiger partial charge on any atom is 0.306 e. The van der Waals surface area contributed by atoms with E-state index in [1.807, 2.05) is 6.08 Å². The smallest absolute Gasteiger partial charge is 0.306 e. The molecule has 4 rings (SSSR count). The molecule has 0 aromatic heterocycles. The molecule has 0 aliphatic heterocycles. The fourth-order valence-electron chi connectivity index (χ4n) is 7.05. The second-order valence-corrected chi connectivity index (χ2v) is 10.8. The summed E-state index contributed by atoms with van der Waals surface area (Å²) in [5.41, 5.74) is 4.77. The van der Waals surface area contributed by atoms with E-state index in [0.29, 0.717) is 24.0 Å². The lowest BCUT2D eigenvalue weighted by molar-refractivity contribution is -0.153. The highest BCUT2D eigenvalue weighted by atomic mass is 16.5. The Morgan fingerprint density at radius 3 is 2.55 bits per heavy atom. The molecule has 0 bridgehead atoms. The van der Waals surface area contributed by atoms with Crippen molar-refractivity contribution >= 4 is 11.8 Å². The van der Waals surface area contributed by atoms with Gasteiger partial charge in [-0.2, -0.15) is 0 Å². The lowest BCUT2D eigenvalue weighted by Gasteiger charge is -2.47. The van der Waals surface area contributed by atoms with Gasteiger partial charge in [-0.05, 0) is 69.3 Å². The van der Waals surface area contributed by atoms with E-state index in [1.165, 1.54) is 44.1 Å². The number of allylic oxidation sites excluding steroid dienone is 3. The molecule has 0 spiro atoms. The fraction of sp³-hybridized carbons (Fsp3) is 0.786. The number of fused-ring (bicyclic) bond motifs is 4. The van der Waals surface area contributed by atoms with Gasteiger partial charge in [0.15, 0.2) is 5.78 Å². The van der Waals surface area contributed by atoms with Crippen LogP contribution in [0.25, 0.3) is 0 Å². The Labute approximate surface area is 189 Å². The number of ketones is 1. The van der Waals surface area contributed by atoms with Crippen LogP contribution in [0.4, 0.5) is 0 Å². The molecule has 0 radical (unpaired) electrons. The molecule has 2 saturated carbocycles. The first kappa shape index (κ1) is 22.8. The Bertz CT molecular complexity index is 745. The van der Waals surface area contributed by atoms with Gasteiger partial charge in [-0.15, -0.1) is 0 Å². The number of rotatable bonds is 9. The summed E-state index contributed by atoms with van der Waals surface area (Å²) in [5.74, 6) is 1.58. The summed E-state index contributed by atoms with van der Waals surface area (Å²) in [4.78, 5) is 24.4. The Balaban J connectivity index is 1.32. The minimum Gasteiger partial charge on any atom is -0.461 e. The molecule has 2 fully saturated rings. The van der Waals surface area contributed by atoms with Crippen molar-refractivity contribution < 1.29 is 14.3 Å². The highest BCUT2D eigenvalue weighted by molar-refractivity contribution is 5.91. The van der Waals surface area contributed by atoms with Crippen molar-refractivity contribution in [1.29, 1.82) is 0 Å². The summed E-state index contributed by atoms with van der Waals surface area (Å²) in [7, 11) is 0. The zero-order valence-electron chi connectivity index (χ0n) is 19.8. The zero-order chi connectivity index (χ0) is 21.8. The third kappa shape index (κ3) is 4.86. The molecular formula is C28H42O3. The van der Waals surface area contributed by atoms with Gasteiger partial charge < -0.3 is 4.74 Å². The molecule has 3 heteroatoms. The van der Waals surface area contributed by atoms with E-state index in [-0.39, 0.29) is 17.5 Å². The maximum atomic E-state index is 12.6. The van der Waals surface area contributed by atoms with E-state index >= 15 is 0 Å². The average Bonchev–Trinajstić information content (AvgIpc) is 3.09. The summed E-state index contributed by atoms with van der Waals surface area (Å²) in [5, 5.41) is 0. The fourth-order valence-corrected chi connectivity index (χ4v) is 7.05. The second-order valence-electron chi connectivity index (χ2n) is 10.8. The van der Waals surface area contributed by atoms with Crippen molar-refractivity contribution in [1.82, 2.24) is 0 Å². The number of hydrogen-bond donors (Lipinski definition) is 0. The van der Waals surface area contributed by atoms with Crippen LogP contribution in [0.2, 0.25) is 0 Å². The largest absolute Gasteiger partial charge is 0.461 e. The van der Waals surface area contributed by atoms with Gasteiger partial charge in [-0.3, -0.25) is 9.59 Å². The molecule has 4 aliphatic rings. The SMILES string of the molecule is CCCCCCCCCC(=O)O[C@H]1CCC2=C3CCC4=CC(=O)CC[C@@H]4[C@H]3CC[C@@]21C. The summed E-state index contributed by atoms with van der Waals surface area (Å²) in [6.45, 7) is 4.61. The molecule has 0 heterocycles. The van der Waals surface area contributed by atoms with Gasteiger partial charge >= 0.3 is 5.97 Å². The molecule has 0 saturated heterocycles. The van der Waals surface area contributed by atoms with E-state index in [1.54, 1.807) is 11.1 Å². The molecule has 172 valence electrons. The molecular weight excluding hydrogens is 384 g/mol. The Morgan fingerprint density at radius 1 is 0.968 bits per heavy atom. The van der Waals surface area contributed by atoms with E-state index in [2.05, 4.69) is 13.8 Å². The Hall–Kier alpha value is -1.38. The molecule has 0 amide bonds. The number of carbonyl (C=O) groups is 2. The number of hydrogen-bond acceptors (Lipinski definition) is 3. The standard InChI is InChI=1S/C28H42O3/c1-3-4-5-6-7-8-9-10-27(30)31-26-16-15-25-24-13-11-20-19-21(29)12-14-22(20)23(24)17-18-28(25,26)2/h19,22-23,26H,3-18H2,1-2H3/t22-,23+,26-,28-/m0/s1. The average molecular weight is 427 g/mol. The molecule has 4 atom stereocenters. The van der Waals surface area contributed by atoms with Crippen LogP contribution in [0.1, 0.15) is 117 Å². The van der Waals surface area contributed by atoms with E-state index in [0.717, 1.165) is 57.8 Å². The molecule has 0 aromatic carbocycles. The van der Waals surface area contributed by atoms with Crippen LogP contribution in [0.3, 0.4) is 0 Å². The summed E-state index contributed by atoms with van der Waals surface area (Å²) in [6.07, 6.45) is 19.6. The normalized spacial score (nSPS) is 32.3. The highest BCUT2D eigenvalue weighted by Crippen LogP contribution is 2.59. The third-order valence-corrected chi connectivity index (χ3v) is 8.82. The topological polar surface area (TPSA) is 43.4 Å². The predicted octanol–water partition coefficient (Wildman–Crippen LogP) is 7.24. The van der Waals surface area contributed by atoms with Gasteiger partial charge in [0.25, 0.3) is 0 Å². The summed E-state index contributed by atoms with van der Waals surface area (Å²) >= 11 is 0. The third-order valence-electron chi connectivity index (χ3n) is 8.82. The van der Waals surface area contributed by atoms with E-state index < -0.39 is 0 Å². The van der Waals surface area contributed by atoms with Gasteiger partial charge in [-0.25, -0.2) is 0 Å². The quantitative estimate of drug-likeness (QED) is 0.222. The van der Waals surface area contributed by atoms with Crippen LogP contribution in [-0.4, -0.2) is 17.9 Å². The van der Waals surface area contributed by atoms with Crippen LogP contribution in [-0.2, 0) is 14.3 Å². The van der Waals surface area contributed by atoms with Crippen LogP contribution in [0, 0.1) is 17.3 Å². The van der Waals surface area contributed by atoms with E-state index in [9.17, 15) is 9.59 Å². The molecule has 0 N–H and O–H groups in total. The molecule has 4 aliphatic carbocycles. The van der Waals surface area contributed by atoms with E-state index in [4.69, 9.17) is 4.74 Å². The van der Waals surface area contributed by atoms with Crippen molar-refractivity contribution in [3.05, 3.63) is 22.8 Å². The first-order chi connectivity index (χ1) is 15.0. The molecule has 0 unspecified atom stereocenters. The lowest BCUT2D eigenvalue weighted by Crippen LogP contribution is -2.39. The van der Waals surface area contributed by atoms with Crippen LogP contribution >= 0.6 is 0 Å². The van der Waals surface area contributed by atoms with Crippen molar-refractivity contribution in [2.75, 3.05) is 0 Å². The first-order valence-electron chi connectivity index (χ1n) is 13.2. The zero-order valence-corrected chi connectivity index (χ0v) is 19.8.